The van der Waals surface area contributed by atoms with Gasteiger partial charge >= 0.3 is 0 Å². The van der Waals surface area contributed by atoms with Gasteiger partial charge in [-0.05, 0) is 24.3 Å². The summed E-state index contributed by atoms with van der Waals surface area (Å²) in [5.74, 6) is 0. The highest BCUT2D eigenvalue weighted by Gasteiger charge is 2.21. The van der Waals surface area contributed by atoms with Gasteiger partial charge in [-0.15, -0.1) is 11.3 Å². The minimum absolute atomic E-state index is 0.199. The highest BCUT2D eigenvalue weighted by molar-refractivity contribution is 7.89. The summed E-state index contributed by atoms with van der Waals surface area (Å²) in [4.78, 5) is 0.664. The Balaban J connectivity index is 2.44. The predicted octanol–water partition coefficient (Wildman–Crippen LogP) is 0.880. The van der Waals surface area contributed by atoms with Crippen LogP contribution in [0.5, 0.6) is 0 Å². The molecule has 6 nitrogen and oxygen atoms in total. The standard InChI is InChI=1S/C12H21NO5S2/c1-10-9-19-11(8-14)12(10)20(15,16)13-4-3-5-18-7-6-17-2/h9,13-14H,3-8H2,1-2H3. The summed E-state index contributed by atoms with van der Waals surface area (Å²) < 4.78 is 36.9. The fourth-order valence-corrected chi connectivity index (χ4v) is 4.39. The van der Waals surface area contributed by atoms with Crippen LogP contribution < -0.4 is 4.72 Å². The molecule has 0 bridgehead atoms. The van der Waals surface area contributed by atoms with Gasteiger partial charge in [-0.2, -0.15) is 0 Å². The number of nitrogens with one attached hydrogen (secondary N) is 1. The van der Waals surface area contributed by atoms with Gasteiger partial charge < -0.3 is 14.6 Å². The van der Waals surface area contributed by atoms with E-state index in [1.54, 1.807) is 19.4 Å². The van der Waals surface area contributed by atoms with Crippen LogP contribution in [0.3, 0.4) is 0 Å². The van der Waals surface area contributed by atoms with Gasteiger partial charge in [0.1, 0.15) is 4.90 Å². The first-order chi connectivity index (χ1) is 9.53. The maximum atomic E-state index is 12.2. The fourth-order valence-electron chi connectivity index (χ4n) is 1.65. The lowest BCUT2D eigenvalue weighted by Crippen LogP contribution is -2.26. The van der Waals surface area contributed by atoms with E-state index in [0.717, 1.165) is 0 Å². The Morgan fingerprint density at radius 2 is 2.10 bits per heavy atom. The Morgan fingerprint density at radius 1 is 1.35 bits per heavy atom. The third-order valence-electron chi connectivity index (χ3n) is 2.59. The smallest absolute Gasteiger partial charge is 0.242 e. The van der Waals surface area contributed by atoms with Gasteiger partial charge in [0.2, 0.25) is 10.0 Å². The van der Waals surface area contributed by atoms with E-state index in [0.29, 0.717) is 43.2 Å². The summed E-state index contributed by atoms with van der Waals surface area (Å²) in [6.45, 7) is 3.25. The molecule has 116 valence electrons. The number of rotatable bonds is 10. The lowest BCUT2D eigenvalue weighted by molar-refractivity contribution is 0.0699. The molecular weight excluding hydrogens is 302 g/mol. The molecule has 0 saturated carbocycles. The van der Waals surface area contributed by atoms with E-state index in [9.17, 15) is 13.5 Å². The summed E-state index contributed by atoms with van der Waals surface area (Å²) in [5.41, 5.74) is 0.655. The van der Waals surface area contributed by atoms with Crippen LogP contribution >= 0.6 is 11.3 Å². The molecule has 0 atom stereocenters. The van der Waals surface area contributed by atoms with Crippen molar-refractivity contribution in [1.82, 2.24) is 4.72 Å². The van der Waals surface area contributed by atoms with E-state index in [2.05, 4.69) is 4.72 Å². The van der Waals surface area contributed by atoms with Crippen molar-refractivity contribution in [3.05, 3.63) is 15.8 Å². The SMILES string of the molecule is COCCOCCCNS(=O)(=O)c1c(C)csc1CO. The summed E-state index contributed by atoms with van der Waals surface area (Å²) in [6, 6.07) is 0. The summed E-state index contributed by atoms with van der Waals surface area (Å²) >= 11 is 1.25. The van der Waals surface area contributed by atoms with Crippen LogP contribution in [0, 0.1) is 6.92 Å². The largest absolute Gasteiger partial charge is 0.391 e. The molecule has 0 aliphatic heterocycles. The maximum absolute atomic E-state index is 12.2. The van der Waals surface area contributed by atoms with E-state index >= 15 is 0 Å². The van der Waals surface area contributed by atoms with Crippen molar-refractivity contribution < 1.29 is 23.0 Å². The number of sulfonamides is 1. The maximum Gasteiger partial charge on any atom is 0.242 e. The zero-order chi connectivity index (χ0) is 15.0. The number of aliphatic hydroxyl groups is 1. The Morgan fingerprint density at radius 3 is 2.75 bits per heavy atom. The van der Waals surface area contributed by atoms with Gasteiger partial charge in [-0.1, -0.05) is 0 Å². The second-order valence-corrected chi connectivity index (χ2v) is 6.85. The Bertz CT molecular complexity index is 498. The van der Waals surface area contributed by atoms with Crippen molar-refractivity contribution in [2.75, 3.05) is 33.5 Å². The quantitative estimate of drug-likeness (QED) is 0.624. The Kier molecular flexibility index (Phi) is 7.63. The zero-order valence-electron chi connectivity index (χ0n) is 11.7. The molecule has 1 aromatic rings. The number of ether oxygens (including phenoxy) is 2. The van der Waals surface area contributed by atoms with Gasteiger partial charge in [0.15, 0.2) is 0 Å². The minimum atomic E-state index is -3.57. The van der Waals surface area contributed by atoms with E-state index in [4.69, 9.17) is 9.47 Å². The zero-order valence-corrected chi connectivity index (χ0v) is 13.3. The second-order valence-electron chi connectivity index (χ2n) is 4.19. The molecule has 1 aromatic heterocycles. The molecule has 0 fully saturated rings. The number of hydrogen-bond donors (Lipinski definition) is 2. The molecule has 20 heavy (non-hydrogen) atoms. The van der Waals surface area contributed by atoms with E-state index < -0.39 is 10.0 Å². The molecule has 1 rings (SSSR count). The highest BCUT2D eigenvalue weighted by Crippen LogP contribution is 2.26. The molecule has 0 aliphatic rings. The third-order valence-corrected chi connectivity index (χ3v) is 5.50. The molecule has 2 N–H and O–H groups in total. The number of aliphatic hydroxyl groups excluding tert-OH is 1. The highest BCUT2D eigenvalue weighted by atomic mass is 32.2. The predicted molar refractivity (Wildman–Crippen MR) is 77.5 cm³/mol. The van der Waals surface area contributed by atoms with Crippen LogP contribution in [0.15, 0.2) is 10.3 Å². The summed E-state index contributed by atoms with van der Waals surface area (Å²) in [5, 5.41) is 10.9. The van der Waals surface area contributed by atoms with Gasteiger partial charge in [0.05, 0.1) is 24.7 Å². The van der Waals surface area contributed by atoms with Crippen molar-refractivity contribution in [3.8, 4) is 0 Å². The van der Waals surface area contributed by atoms with Crippen molar-refractivity contribution in [3.63, 3.8) is 0 Å². The van der Waals surface area contributed by atoms with Gasteiger partial charge in [-0.3, -0.25) is 0 Å². The lowest BCUT2D eigenvalue weighted by Gasteiger charge is -2.08. The van der Waals surface area contributed by atoms with E-state index in [-0.39, 0.29) is 11.5 Å². The number of aryl methyl sites for hydroxylation is 1. The van der Waals surface area contributed by atoms with Crippen LogP contribution in [0.25, 0.3) is 0 Å². The molecule has 0 aromatic carbocycles. The molecule has 0 aliphatic carbocycles. The molecule has 0 spiro atoms. The average molecular weight is 323 g/mol. The van der Waals surface area contributed by atoms with Crippen molar-refractivity contribution in [2.24, 2.45) is 0 Å². The topological polar surface area (TPSA) is 84.9 Å². The Labute approximate surface area is 123 Å². The van der Waals surface area contributed by atoms with Crippen LogP contribution in [0.2, 0.25) is 0 Å². The average Bonchev–Trinajstić information content (AvgIpc) is 2.79. The van der Waals surface area contributed by atoms with Crippen molar-refractivity contribution in [2.45, 2.75) is 24.8 Å². The fraction of sp³-hybridized carbons (Fsp3) is 0.667. The van der Waals surface area contributed by atoms with Crippen LogP contribution in [-0.2, 0) is 26.1 Å². The third kappa shape index (κ3) is 5.12. The molecular formula is C12H21NO5S2. The number of hydrogen-bond acceptors (Lipinski definition) is 6. The first-order valence-electron chi connectivity index (χ1n) is 6.27. The van der Waals surface area contributed by atoms with Crippen molar-refractivity contribution >= 4 is 21.4 Å². The summed E-state index contributed by atoms with van der Waals surface area (Å²) in [6.07, 6.45) is 0.584. The van der Waals surface area contributed by atoms with E-state index in [1.165, 1.54) is 11.3 Å². The molecule has 8 heteroatoms. The molecule has 0 radical (unpaired) electrons. The molecule has 0 saturated heterocycles. The van der Waals surface area contributed by atoms with Gasteiger partial charge in [0, 0.05) is 20.3 Å². The normalized spacial score (nSPS) is 11.9. The van der Waals surface area contributed by atoms with Crippen molar-refractivity contribution in [1.29, 1.82) is 0 Å². The van der Waals surface area contributed by atoms with Crippen LogP contribution in [0.1, 0.15) is 16.9 Å². The number of methoxy groups -OCH3 is 1. The van der Waals surface area contributed by atoms with Crippen LogP contribution in [-0.4, -0.2) is 47.0 Å². The minimum Gasteiger partial charge on any atom is -0.391 e. The van der Waals surface area contributed by atoms with Gasteiger partial charge in [-0.25, -0.2) is 13.1 Å². The Hall–Kier alpha value is -0.510. The molecule has 1 heterocycles. The van der Waals surface area contributed by atoms with E-state index in [1.807, 2.05) is 0 Å². The molecule has 0 unspecified atom stereocenters. The lowest BCUT2D eigenvalue weighted by atomic mass is 10.3. The monoisotopic (exact) mass is 323 g/mol. The first-order valence-corrected chi connectivity index (χ1v) is 8.63. The van der Waals surface area contributed by atoms with Crippen LogP contribution in [0.4, 0.5) is 0 Å². The molecule has 0 amide bonds. The number of thiophene rings is 1. The van der Waals surface area contributed by atoms with Gasteiger partial charge in [0.25, 0.3) is 0 Å². The second kappa shape index (κ2) is 8.71. The summed E-state index contributed by atoms with van der Waals surface area (Å²) in [7, 11) is -1.97. The first kappa shape index (κ1) is 17.5.